The second-order valence-corrected chi connectivity index (χ2v) is 6.59. The highest BCUT2D eigenvalue weighted by Crippen LogP contribution is 2.24. The highest BCUT2D eigenvalue weighted by atomic mass is 16.2. The average molecular weight is 335 g/mol. The Morgan fingerprint density at radius 1 is 1.04 bits per heavy atom. The van der Waals surface area contributed by atoms with Crippen molar-refractivity contribution in [3.05, 3.63) is 53.9 Å². The van der Waals surface area contributed by atoms with Gasteiger partial charge in [-0.05, 0) is 30.5 Å². The van der Waals surface area contributed by atoms with Crippen molar-refractivity contribution < 1.29 is 4.79 Å². The average Bonchev–Trinajstić information content (AvgIpc) is 3.05. The normalized spacial score (nSPS) is 15.4. The van der Waals surface area contributed by atoms with Crippen LogP contribution in [-0.4, -0.2) is 25.7 Å². The maximum atomic E-state index is 12.4. The minimum Gasteiger partial charge on any atom is -0.309 e. The van der Waals surface area contributed by atoms with Gasteiger partial charge < -0.3 is 5.32 Å². The van der Waals surface area contributed by atoms with Crippen molar-refractivity contribution in [2.45, 2.75) is 38.5 Å². The molecule has 0 saturated heterocycles. The molecule has 25 heavy (non-hydrogen) atoms. The van der Waals surface area contributed by atoms with Gasteiger partial charge in [0.15, 0.2) is 17.3 Å². The minimum absolute atomic E-state index is 0.0734. The van der Waals surface area contributed by atoms with Gasteiger partial charge in [-0.2, -0.15) is 4.52 Å². The van der Waals surface area contributed by atoms with Crippen molar-refractivity contribution in [2.24, 2.45) is 5.92 Å². The molecule has 3 aromatic rings. The molecular weight excluding hydrogens is 314 g/mol. The van der Waals surface area contributed by atoms with Crippen LogP contribution in [0.3, 0.4) is 0 Å². The molecule has 1 N–H and O–H groups in total. The Labute approximate surface area is 146 Å². The Bertz CT molecular complexity index is 868. The van der Waals surface area contributed by atoms with Crippen LogP contribution in [0.5, 0.6) is 0 Å². The molecule has 1 amide bonds. The molecule has 1 fully saturated rings. The van der Waals surface area contributed by atoms with Gasteiger partial charge in [0, 0.05) is 12.3 Å². The Kier molecular flexibility index (Phi) is 4.41. The van der Waals surface area contributed by atoms with Crippen molar-refractivity contribution in [2.75, 3.05) is 5.32 Å². The Balaban J connectivity index is 1.54. The molecule has 6 nitrogen and oxygen atoms in total. The van der Waals surface area contributed by atoms with Gasteiger partial charge in [-0.15, -0.1) is 15.3 Å². The van der Waals surface area contributed by atoms with Crippen LogP contribution in [0.2, 0.25) is 0 Å². The predicted octanol–water partition coefficient (Wildman–Crippen LogP) is 3.23. The summed E-state index contributed by atoms with van der Waals surface area (Å²) in [5.41, 5.74) is 1.83. The first-order valence-electron chi connectivity index (χ1n) is 8.86. The van der Waals surface area contributed by atoms with Crippen molar-refractivity contribution in [3.63, 3.8) is 0 Å². The van der Waals surface area contributed by atoms with E-state index in [1.165, 1.54) is 6.42 Å². The molecule has 1 aromatic carbocycles. The van der Waals surface area contributed by atoms with Gasteiger partial charge in [-0.25, -0.2) is 0 Å². The zero-order valence-electron chi connectivity index (χ0n) is 14.1. The van der Waals surface area contributed by atoms with Gasteiger partial charge in [0.1, 0.15) is 0 Å². The van der Waals surface area contributed by atoms with Crippen molar-refractivity contribution >= 4 is 17.4 Å². The van der Waals surface area contributed by atoms with Gasteiger partial charge >= 0.3 is 0 Å². The van der Waals surface area contributed by atoms with E-state index in [9.17, 15) is 4.79 Å². The van der Waals surface area contributed by atoms with Gasteiger partial charge in [-0.3, -0.25) is 4.79 Å². The molecule has 0 atom stereocenters. The number of benzene rings is 1. The predicted molar refractivity (Wildman–Crippen MR) is 95.2 cm³/mol. The van der Waals surface area contributed by atoms with Crippen LogP contribution in [0.25, 0.3) is 5.65 Å². The number of carbonyl (C=O) groups is 1. The van der Waals surface area contributed by atoms with E-state index in [2.05, 4.69) is 32.7 Å². The molecule has 1 saturated carbocycles. The lowest BCUT2D eigenvalue weighted by molar-refractivity contribution is -0.120. The summed E-state index contributed by atoms with van der Waals surface area (Å²) in [4.78, 5) is 12.4. The van der Waals surface area contributed by atoms with Crippen molar-refractivity contribution in [1.82, 2.24) is 19.8 Å². The highest BCUT2D eigenvalue weighted by Gasteiger charge is 2.21. The third kappa shape index (κ3) is 3.52. The second-order valence-electron chi connectivity index (χ2n) is 6.59. The molecule has 0 spiro atoms. The van der Waals surface area contributed by atoms with Crippen LogP contribution < -0.4 is 5.32 Å². The molecule has 1 aliphatic rings. The minimum atomic E-state index is 0.0734. The maximum Gasteiger partial charge on any atom is 0.228 e. The number of amides is 1. The molecule has 0 bridgehead atoms. The molecular formula is C19H21N5O. The summed E-state index contributed by atoms with van der Waals surface area (Å²) < 4.78 is 1.71. The van der Waals surface area contributed by atoms with Gasteiger partial charge in [0.2, 0.25) is 5.91 Å². The van der Waals surface area contributed by atoms with Crippen LogP contribution in [-0.2, 0) is 11.2 Å². The van der Waals surface area contributed by atoms with Crippen LogP contribution in [0, 0.1) is 5.92 Å². The van der Waals surface area contributed by atoms with E-state index in [4.69, 9.17) is 0 Å². The SMILES string of the molecule is O=C(Nc1ccc2nnc(Cc3ccccc3)n2n1)C1CCCCC1. The summed E-state index contributed by atoms with van der Waals surface area (Å²) in [6.07, 6.45) is 6.10. The van der Waals surface area contributed by atoms with Crippen molar-refractivity contribution in [1.29, 1.82) is 0 Å². The highest BCUT2D eigenvalue weighted by molar-refractivity contribution is 5.91. The molecule has 0 unspecified atom stereocenters. The van der Waals surface area contributed by atoms with E-state index in [0.29, 0.717) is 17.9 Å². The number of nitrogens with zero attached hydrogens (tertiary/aromatic N) is 4. The van der Waals surface area contributed by atoms with Crippen LogP contribution in [0.15, 0.2) is 42.5 Å². The maximum absolute atomic E-state index is 12.4. The lowest BCUT2D eigenvalue weighted by Gasteiger charge is -2.20. The summed E-state index contributed by atoms with van der Waals surface area (Å²) in [7, 11) is 0. The molecule has 0 aliphatic heterocycles. The van der Waals surface area contributed by atoms with Crippen LogP contribution in [0.1, 0.15) is 43.5 Å². The number of nitrogens with one attached hydrogen (secondary N) is 1. The van der Waals surface area contributed by atoms with E-state index >= 15 is 0 Å². The van der Waals surface area contributed by atoms with E-state index in [0.717, 1.165) is 37.1 Å². The summed E-state index contributed by atoms with van der Waals surface area (Å²) in [5, 5.41) is 15.9. The van der Waals surface area contributed by atoms with E-state index in [-0.39, 0.29) is 11.8 Å². The topological polar surface area (TPSA) is 72.2 Å². The molecule has 128 valence electrons. The summed E-state index contributed by atoms with van der Waals surface area (Å²) in [5.74, 6) is 1.49. The monoisotopic (exact) mass is 335 g/mol. The third-order valence-electron chi connectivity index (χ3n) is 4.76. The smallest absolute Gasteiger partial charge is 0.228 e. The number of anilines is 1. The second kappa shape index (κ2) is 7.01. The van der Waals surface area contributed by atoms with Gasteiger partial charge in [0.05, 0.1) is 0 Å². The fourth-order valence-corrected chi connectivity index (χ4v) is 3.38. The molecule has 2 aromatic heterocycles. The largest absolute Gasteiger partial charge is 0.309 e. The number of hydrogen-bond donors (Lipinski definition) is 1. The fourth-order valence-electron chi connectivity index (χ4n) is 3.38. The number of rotatable bonds is 4. The summed E-state index contributed by atoms with van der Waals surface area (Å²) in [6, 6.07) is 13.7. The molecule has 1 aliphatic carbocycles. The summed E-state index contributed by atoms with van der Waals surface area (Å²) >= 11 is 0. The molecule has 2 heterocycles. The van der Waals surface area contributed by atoms with E-state index < -0.39 is 0 Å². The first-order valence-corrected chi connectivity index (χ1v) is 8.86. The zero-order chi connectivity index (χ0) is 17.1. The molecule has 6 heteroatoms. The van der Waals surface area contributed by atoms with Gasteiger partial charge in [-0.1, -0.05) is 49.6 Å². The first kappa shape index (κ1) is 15.7. The quantitative estimate of drug-likeness (QED) is 0.794. The van der Waals surface area contributed by atoms with E-state index in [1.54, 1.807) is 10.6 Å². The number of fused-ring (bicyclic) bond motifs is 1. The lowest BCUT2D eigenvalue weighted by Crippen LogP contribution is -2.25. The Morgan fingerprint density at radius 2 is 1.84 bits per heavy atom. The first-order chi connectivity index (χ1) is 12.3. The molecule has 4 rings (SSSR count). The van der Waals surface area contributed by atoms with Crippen molar-refractivity contribution in [3.8, 4) is 0 Å². The standard InChI is InChI=1S/C19H21N5O/c25-19(15-9-5-2-6-10-15)20-16-11-12-17-21-22-18(24(17)23-16)13-14-7-3-1-4-8-14/h1,3-4,7-8,11-12,15H,2,5-6,9-10,13H2,(H,20,23,25). The lowest BCUT2D eigenvalue weighted by atomic mass is 9.89. The zero-order valence-corrected chi connectivity index (χ0v) is 14.1. The number of aromatic nitrogens is 4. The summed E-state index contributed by atoms with van der Waals surface area (Å²) in [6.45, 7) is 0. The Hall–Kier alpha value is -2.76. The Morgan fingerprint density at radius 3 is 2.64 bits per heavy atom. The molecule has 0 radical (unpaired) electrons. The van der Waals surface area contributed by atoms with Crippen LogP contribution in [0.4, 0.5) is 5.82 Å². The third-order valence-corrected chi connectivity index (χ3v) is 4.76. The van der Waals surface area contributed by atoms with E-state index in [1.807, 2.05) is 24.3 Å². The fraction of sp³-hybridized carbons (Fsp3) is 0.368. The van der Waals surface area contributed by atoms with Crippen LogP contribution >= 0.6 is 0 Å². The number of carbonyl (C=O) groups excluding carboxylic acids is 1. The number of hydrogen-bond acceptors (Lipinski definition) is 4. The van der Waals surface area contributed by atoms with Gasteiger partial charge in [0.25, 0.3) is 0 Å².